The van der Waals surface area contributed by atoms with Crippen LogP contribution in [0.2, 0.25) is 0 Å². The quantitative estimate of drug-likeness (QED) is 0.406. The molecule has 0 unspecified atom stereocenters. The molecule has 0 spiro atoms. The van der Waals surface area contributed by atoms with Gasteiger partial charge in [-0.25, -0.2) is 0 Å². The number of aliphatic hydroxyl groups excluding tert-OH is 1. The lowest BCUT2D eigenvalue weighted by Crippen LogP contribution is -2.62. The summed E-state index contributed by atoms with van der Waals surface area (Å²) in [4.78, 5) is 0. The van der Waals surface area contributed by atoms with Gasteiger partial charge in [0.1, 0.15) is 0 Å². The van der Waals surface area contributed by atoms with E-state index in [1.807, 2.05) is 33.3 Å². The van der Waals surface area contributed by atoms with E-state index in [0.717, 1.165) is 31.7 Å². The predicted octanol–water partition coefficient (Wildman–Crippen LogP) is -0.334. The van der Waals surface area contributed by atoms with Gasteiger partial charge in [0.25, 0.3) is 0 Å². The summed E-state index contributed by atoms with van der Waals surface area (Å²) in [6.45, 7) is 3.53. The average molecular weight is 280 g/mol. The number of hydrogen-bond donors (Lipinski definition) is 5. The second-order valence-corrected chi connectivity index (χ2v) is 5.20. The van der Waals surface area contributed by atoms with Gasteiger partial charge in [0, 0.05) is 26.2 Å². The van der Waals surface area contributed by atoms with Crippen LogP contribution in [0.1, 0.15) is 11.1 Å². The fourth-order valence-corrected chi connectivity index (χ4v) is 2.44. The van der Waals surface area contributed by atoms with Crippen LogP contribution in [0, 0.1) is 0 Å². The minimum atomic E-state index is -0.0338. The molecule has 5 N–H and O–H groups in total. The Morgan fingerprint density at radius 1 is 0.850 bits per heavy atom. The third kappa shape index (κ3) is 5.19. The Morgan fingerprint density at radius 2 is 1.30 bits per heavy atom. The van der Waals surface area contributed by atoms with E-state index in [-0.39, 0.29) is 12.1 Å². The molecule has 5 nitrogen and oxygen atoms in total. The maximum atomic E-state index is 9.06. The van der Waals surface area contributed by atoms with Crippen molar-refractivity contribution in [2.45, 2.75) is 18.7 Å². The van der Waals surface area contributed by atoms with Crippen molar-refractivity contribution in [3.8, 4) is 0 Å². The van der Waals surface area contributed by atoms with Gasteiger partial charge in [-0.2, -0.15) is 0 Å². The molecule has 0 amide bonds. The minimum absolute atomic E-state index is 0.0338. The molecule has 0 aliphatic heterocycles. The SMILES string of the molecule is CNCC(CNC)(CNC)NCc1ccc(CO)cc1. The van der Waals surface area contributed by atoms with Crippen molar-refractivity contribution in [3.05, 3.63) is 35.4 Å². The summed E-state index contributed by atoms with van der Waals surface area (Å²) in [7, 11) is 5.91. The Kier molecular flexibility index (Phi) is 7.72. The molecular weight excluding hydrogens is 252 g/mol. The molecule has 114 valence electrons. The second kappa shape index (κ2) is 9.05. The van der Waals surface area contributed by atoms with E-state index in [1.165, 1.54) is 5.56 Å². The van der Waals surface area contributed by atoms with Gasteiger partial charge in [0.05, 0.1) is 12.1 Å². The average Bonchev–Trinajstić information content (AvgIpc) is 2.46. The lowest BCUT2D eigenvalue weighted by atomic mass is 9.98. The number of nitrogens with one attached hydrogen (secondary N) is 4. The zero-order chi connectivity index (χ0) is 14.8. The maximum Gasteiger partial charge on any atom is 0.0681 e. The molecule has 0 aliphatic carbocycles. The molecule has 0 aliphatic rings. The van der Waals surface area contributed by atoms with Gasteiger partial charge in [-0.3, -0.25) is 0 Å². The molecule has 0 bridgehead atoms. The first-order chi connectivity index (χ1) is 9.69. The highest BCUT2D eigenvalue weighted by Gasteiger charge is 2.27. The largest absolute Gasteiger partial charge is 0.392 e. The van der Waals surface area contributed by atoms with Crippen molar-refractivity contribution in [2.75, 3.05) is 40.8 Å². The lowest BCUT2D eigenvalue weighted by Gasteiger charge is -2.35. The van der Waals surface area contributed by atoms with Crippen LogP contribution in [0.25, 0.3) is 0 Å². The van der Waals surface area contributed by atoms with E-state index in [1.54, 1.807) is 0 Å². The van der Waals surface area contributed by atoms with E-state index in [4.69, 9.17) is 5.11 Å². The molecule has 1 aromatic carbocycles. The minimum Gasteiger partial charge on any atom is -0.392 e. The van der Waals surface area contributed by atoms with Crippen LogP contribution in [0.3, 0.4) is 0 Å². The summed E-state index contributed by atoms with van der Waals surface area (Å²) in [5, 5.41) is 22.5. The summed E-state index contributed by atoms with van der Waals surface area (Å²) in [6.07, 6.45) is 0. The van der Waals surface area contributed by atoms with Gasteiger partial charge in [0.2, 0.25) is 0 Å². The summed E-state index contributed by atoms with van der Waals surface area (Å²) < 4.78 is 0. The van der Waals surface area contributed by atoms with Crippen LogP contribution in [-0.2, 0) is 13.2 Å². The predicted molar refractivity (Wildman–Crippen MR) is 83.7 cm³/mol. The highest BCUT2D eigenvalue weighted by Crippen LogP contribution is 2.07. The third-order valence-electron chi connectivity index (χ3n) is 3.42. The van der Waals surface area contributed by atoms with Gasteiger partial charge in [-0.1, -0.05) is 24.3 Å². The Morgan fingerprint density at radius 3 is 1.70 bits per heavy atom. The third-order valence-corrected chi connectivity index (χ3v) is 3.42. The molecule has 0 fully saturated rings. The topological polar surface area (TPSA) is 68.3 Å². The molecule has 0 atom stereocenters. The lowest BCUT2D eigenvalue weighted by molar-refractivity contribution is 0.281. The van der Waals surface area contributed by atoms with Crippen molar-refractivity contribution in [1.29, 1.82) is 0 Å². The first kappa shape index (κ1) is 17.1. The van der Waals surface area contributed by atoms with E-state index in [0.29, 0.717) is 0 Å². The molecule has 0 saturated carbocycles. The standard InChI is InChI=1S/C15H28N4O/c1-16-10-15(11-17-2,12-18-3)19-8-13-4-6-14(9-20)7-5-13/h4-7,16-20H,8-12H2,1-3H3. The van der Waals surface area contributed by atoms with Gasteiger partial charge >= 0.3 is 0 Å². The van der Waals surface area contributed by atoms with Crippen molar-refractivity contribution in [2.24, 2.45) is 0 Å². The second-order valence-electron chi connectivity index (χ2n) is 5.20. The summed E-state index contributed by atoms with van der Waals surface area (Å²) in [6, 6.07) is 8.04. The number of rotatable bonds is 10. The Labute approximate surface area is 122 Å². The summed E-state index contributed by atoms with van der Waals surface area (Å²) in [5.41, 5.74) is 2.13. The van der Waals surface area contributed by atoms with Gasteiger partial charge in [-0.05, 0) is 32.3 Å². The maximum absolute atomic E-state index is 9.06. The van der Waals surface area contributed by atoms with Crippen LogP contribution < -0.4 is 21.3 Å². The number of benzene rings is 1. The van der Waals surface area contributed by atoms with Crippen LogP contribution in [0.5, 0.6) is 0 Å². The number of likely N-dealkylation sites (N-methyl/N-ethyl adjacent to an activating group) is 3. The molecule has 0 radical (unpaired) electrons. The molecule has 1 rings (SSSR count). The van der Waals surface area contributed by atoms with Crippen molar-refractivity contribution < 1.29 is 5.11 Å². The van der Waals surface area contributed by atoms with Crippen molar-refractivity contribution in [1.82, 2.24) is 21.3 Å². The van der Waals surface area contributed by atoms with Crippen LogP contribution in [-0.4, -0.2) is 51.4 Å². The Hall–Kier alpha value is -0.980. The Balaban J connectivity index is 2.67. The Bertz CT molecular complexity index is 350. The van der Waals surface area contributed by atoms with E-state index in [2.05, 4.69) is 33.4 Å². The van der Waals surface area contributed by atoms with Crippen molar-refractivity contribution in [3.63, 3.8) is 0 Å². The number of aliphatic hydroxyl groups is 1. The smallest absolute Gasteiger partial charge is 0.0681 e. The monoisotopic (exact) mass is 280 g/mol. The van der Waals surface area contributed by atoms with Gasteiger partial charge in [-0.15, -0.1) is 0 Å². The van der Waals surface area contributed by atoms with Crippen LogP contribution in [0.15, 0.2) is 24.3 Å². The first-order valence-corrected chi connectivity index (χ1v) is 7.07. The molecular formula is C15H28N4O. The first-order valence-electron chi connectivity index (χ1n) is 7.07. The van der Waals surface area contributed by atoms with Crippen LogP contribution in [0.4, 0.5) is 0 Å². The van der Waals surface area contributed by atoms with E-state index in [9.17, 15) is 0 Å². The molecule has 0 heterocycles. The van der Waals surface area contributed by atoms with Crippen LogP contribution >= 0.6 is 0 Å². The highest BCUT2D eigenvalue weighted by atomic mass is 16.3. The van der Waals surface area contributed by atoms with Gasteiger partial charge < -0.3 is 26.4 Å². The fourth-order valence-electron chi connectivity index (χ4n) is 2.44. The number of hydrogen-bond acceptors (Lipinski definition) is 5. The van der Waals surface area contributed by atoms with E-state index >= 15 is 0 Å². The zero-order valence-electron chi connectivity index (χ0n) is 12.8. The molecule has 0 aromatic heterocycles. The summed E-state index contributed by atoms with van der Waals surface area (Å²) >= 11 is 0. The zero-order valence-corrected chi connectivity index (χ0v) is 12.8. The normalized spacial score (nSPS) is 11.8. The molecule has 20 heavy (non-hydrogen) atoms. The summed E-state index contributed by atoms with van der Waals surface area (Å²) in [5.74, 6) is 0. The van der Waals surface area contributed by atoms with Gasteiger partial charge in [0.15, 0.2) is 0 Å². The molecule has 0 saturated heterocycles. The van der Waals surface area contributed by atoms with E-state index < -0.39 is 0 Å². The van der Waals surface area contributed by atoms with Crippen molar-refractivity contribution >= 4 is 0 Å². The highest BCUT2D eigenvalue weighted by molar-refractivity contribution is 5.22. The molecule has 1 aromatic rings. The fraction of sp³-hybridized carbons (Fsp3) is 0.600. The molecule has 5 heteroatoms.